The Morgan fingerprint density at radius 2 is 1.72 bits per heavy atom. The summed E-state index contributed by atoms with van der Waals surface area (Å²) in [4.78, 5) is 34.8. The molecule has 0 saturated heterocycles. The maximum atomic E-state index is 11.9. The predicted octanol–water partition coefficient (Wildman–Crippen LogP) is 0.917. The smallest absolute Gasteiger partial charge is 0.329 e. The molecule has 0 aliphatic heterocycles. The number of rotatable bonds is 9. The fourth-order valence-corrected chi connectivity index (χ4v) is 2.08. The van der Waals surface area contributed by atoms with E-state index in [1.807, 2.05) is 18.2 Å². The van der Waals surface area contributed by atoms with Crippen LogP contribution in [0.3, 0.4) is 0 Å². The summed E-state index contributed by atoms with van der Waals surface area (Å²) in [5.41, 5.74) is 3.50. The molecule has 0 aromatic heterocycles. The summed E-state index contributed by atoms with van der Waals surface area (Å²) in [6.45, 7) is 0.415. The molecule has 2 aromatic rings. The van der Waals surface area contributed by atoms with Crippen molar-refractivity contribution in [1.82, 2.24) is 10.7 Å². The number of hydrazone groups is 1. The van der Waals surface area contributed by atoms with Gasteiger partial charge in [0, 0.05) is 19.3 Å². The summed E-state index contributed by atoms with van der Waals surface area (Å²) in [5.74, 6) is -1.43. The molecule has 0 bridgehead atoms. The van der Waals surface area contributed by atoms with Gasteiger partial charge in [0.25, 0.3) is 5.91 Å². The maximum Gasteiger partial charge on any atom is 0.329 e. The first kappa shape index (κ1) is 21.6. The zero-order valence-electron chi connectivity index (χ0n) is 15.9. The molecule has 0 unspecified atom stereocenters. The van der Waals surface area contributed by atoms with Crippen molar-refractivity contribution in [2.75, 3.05) is 32.2 Å². The molecule has 3 N–H and O–H groups in total. The molecule has 0 spiro atoms. The molecule has 0 atom stereocenters. The Morgan fingerprint density at radius 1 is 1.00 bits per heavy atom. The van der Waals surface area contributed by atoms with Gasteiger partial charge in [0.05, 0.1) is 12.8 Å². The molecule has 152 valence electrons. The number of anilines is 1. The van der Waals surface area contributed by atoms with Crippen LogP contribution in [-0.4, -0.2) is 50.8 Å². The second kappa shape index (κ2) is 11.9. The van der Waals surface area contributed by atoms with E-state index in [-0.39, 0.29) is 19.1 Å². The molecule has 9 heteroatoms. The van der Waals surface area contributed by atoms with Crippen molar-refractivity contribution in [2.24, 2.45) is 5.10 Å². The summed E-state index contributed by atoms with van der Waals surface area (Å²) >= 11 is 0. The van der Waals surface area contributed by atoms with Crippen LogP contribution in [0.2, 0.25) is 0 Å². The van der Waals surface area contributed by atoms with Gasteiger partial charge in [-0.1, -0.05) is 18.2 Å². The first-order valence-corrected chi connectivity index (χ1v) is 8.76. The Kier molecular flexibility index (Phi) is 8.84. The number of nitrogens with zero attached hydrogens (tertiary/aromatic N) is 1. The lowest BCUT2D eigenvalue weighted by atomic mass is 10.2. The Hall–Kier alpha value is -3.72. The quantitative estimate of drug-likeness (QED) is 0.251. The van der Waals surface area contributed by atoms with E-state index in [4.69, 9.17) is 9.47 Å². The summed E-state index contributed by atoms with van der Waals surface area (Å²) in [6.07, 6.45) is 1.38. The van der Waals surface area contributed by atoms with E-state index in [9.17, 15) is 14.4 Å². The van der Waals surface area contributed by atoms with Crippen LogP contribution in [0.25, 0.3) is 0 Å². The van der Waals surface area contributed by atoms with Gasteiger partial charge in [-0.25, -0.2) is 5.43 Å². The molecule has 2 rings (SSSR count). The topological polar surface area (TPSA) is 118 Å². The number of nitrogens with one attached hydrogen (secondary N) is 3. The highest BCUT2D eigenvalue weighted by Crippen LogP contribution is 2.11. The molecule has 0 saturated carbocycles. The number of benzene rings is 2. The molecule has 29 heavy (non-hydrogen) atoms. The van der Waals surface area contributed by atoms with Crippen LogP contribution in [-0.2, 0) is 19.1 Å². The normalized spacial score (nSPS) is 10.4. The van der Waals surface area contributed by atoms with Gasteiger partial charge in [-0.05, 0) is 42.0 Å². The minimum absolute atomic E-state index is 0.128. The average molecular weight is 398 g/mol. The standard InChI is InChI=1S/C20H22N4O5/c1-28-12-11-21-19(26)20(27)24-22-13-15-7-9-17(10-8-15)29-14-18(25)23-16-5-3-2-4-6-16/h2-10,13H,11-12,14H2,1H3,(H,21,26)(H,23,25)(H,24,27)/b22-13-. The molecular formula is C20H22N4O5. The van der Waals surface area contributed by atoms with Crippen LogP contribution in [0.1, 0.15) is 5.56 Å². The fourth-order valence-electron chi connectivity index (χ4n) is 2.08. The van der Waals surface area contributed by atoms with Crippen molar-refractivity contribution < 1.29 is 23.9 Å². The second-order valence-corrected chi connectivity index (χ2v) is 5.72. The lowest BCUT2D eigenvalue weighted by Crippen LogP contribution is -2.39. The molecule has 0 fully saturated rings. The van der Waals surface area contributed by atoms with Gasteiger partial charge >= 0.3 is 11.8 Å². The number of carbonyl (C=O) groups is 3. The van der Waals surface area contributed by atoms with E-state index in [0.29, 0.717) is 23.6 Å². The summed E-state index contributed by atoms with van der Waals surface area (Å²) in [6, 6.07) is 15.8. The van der Waals surface area contributed by atoms with Crippen LogP contribution in [0.4, 0.5) is 5.69 Å². The zero-order chi connectivity index (χ0) is 20.9. The van der Waals surface area contributed by atoms with Crippen molar-refractivity contribution in [3.63, 3.8) is 0 Å². The number of amides is 3. The number of hydrogen-bond donors (Lipinski definition) is 3. The van der Waals surface area contributed by atoms with Gasteiger partial charge in [0.1, 0.15) is 5.75 Å². The second-order valence-electron chi connectivity index (χ2n) is 5.72. The third-order valence-electron chi connectivity index (χ3n) is 3.49. The number of hydrogen-bond acceptors (Lipinski definition) is 6. The van der Waals surface area contributed by atoms with Crippen molar-refractivity contribution >= 4 is 29.6 Å². The van der Waals surface area contributed by atoms with Crippen LogP contribution < -0.4 is 20.8 Å². The van der Waals surface area contributed by atoms with Crippen LogP contribution >= 0.6 is 0 Å². The third-order valence-corrected chi connectivity index (χ3v) is 3.49. The highest BCUT2D eigenvalue weighted by Gasteiger charge is 2.11. The van der Waals surface area contributed by atoms with Gasteiger partial charge in [-0.15, -0.1) is 0 Å². The average Bonchev–Trinajstić information content (AvgIpc) is 2.74. The Labute approximate surface area is 168 Å². The Morgan fingerprint density at radius 3 is 2.41 bits per heavy atom. The molecule has 0 radical (unpaired) electrons. The molecule has 3 amide bonds. The molecular weight excluding hydrogens is 376 g/mol. The van der Waals surface area contributed by atoms with Crippen LogP contribution in [0.5, 0.6) is 5.75 Å². The number of methoxy groups -OCH3 is 1. The zero-order valence-corrected chi connectivity index (χ0v) is 15.9. The lowest BCUT2D eigenvalue weighted by Gasteiger charge is -2.07. The van der Waals surface area contributed by atoms with Gasteiger partial charge in [-0.3, -0.25) is 14.4 Å². The van der Waals surface area contributed by atoms with E-state index in [0.717, 1.165) is 0 Å². The molecule has 2 aromatic carbocycles. The lowest BCUT2D eigenvalue weighted by molar-refractivity contribution is -0.139. The summed E-state index contributed by atoms with van der Waals surface area (Å²) in [7, 11) is 1.49. The Balaban J connectivity index is 1.73. The molecule has 0 aliphatic rings. The molecule has 0 heterocycles. The van der Waals surface area contributed by atoms with E-state index >= 15 is 0 Å². The molecule has 9 nitrogen and oxygen atoms in total. The van der Waals surface area contributed by atoms with E-state index < -0.39 is 11.8 Å². The van der Waals surface area contributed by atoms with Gasteiger partial charge in [0.2, 0.25) is 0 Å². The van der Waals surface area contributed by atoms with E-state index in [2.05, 4.69) is 21.2 Å². The minimum Gasteiger partial charge on any atom is -0.484 e. The maximum absolute atomic E-state index is 11.9. The predicted molar refractivity (Wildman–Crippen MR) is 108 cm³/mol. The Bertz CT molecular complexity index is 838. The summed E-state index contributed by atoms with van der Waals surface area (Å²) < 4.78 is 10.2. The highest BCUT2D eigenvalue weighted by molar-refractivity contribution is 6.35. The van der Waals surface area contributed by atoms with Crippen molar-refractivity contribution in [3.8, 4) is 5.75 Å². The van der Waals surface area contributed by atoms with Crippen LogP contribution in [0, 0.1) is 0 Å². The van der Waals surface area contributed by atoms with Gasteiger partial charge < -0.3 is 20.1 Å². The first-order chi connectivity index (χ1) is 14.1. The monoisotopic (exact) mass is 398 g/mol. The van der Waals surface area contributed by atoms with E-state index in [1.54, 1.807) is 36.4 Å². The fraction of sp³-hybridized carbons (Fsp3) is 0.200. The van der Waals surface area contributed by atoms with Gasteiger partial charge in [0.15, 0.2) is 6.61 Å². The van der Waals surface area contributed by atoms with E-state index in [1.165, 1.54) is 13.3 Å². The van der Waals surface area contributed by atoms with Crippen molar-refractivity contribution in [2.45, 2.75) is 0 Å². The number of ether oxygens (including phenoxy) is 2. The summed E-state index contributed by atoms with van der Waals surface area (Å²) in [5, 5.41) is 8.82. The van der Waals surface area contributed by atoms with Crippen molar-refractivity contribution in [3.05, 3.63) is 60.2 Å². The van der Waals surface area contributed by atoms with Crippen LogP contribution in [0.15, 0.2) is 59.7 Å². The SMILES string of the molecule is COCCNC(=O)C(=O)N/N=C\c1ccc(OCC(=O)Nc2ccccc2)cc1. The highest BCUT2D eigenvalue weighted by atomic mass is 16.5. The van der Waals surface area contributed by atoms with Crippen molar-refractivity contribution in [1.29, 1.82) is 0 Å². The number of carbonyl (C=O) groups excluding carboxylic acids is 3. The minimum atomic E-state index is -0.873. The first-order valence-electron chi connectivity index (χ1n) is 8.76. The van der Waals surface area contributed by atoms with Gasteiger partial charge in [-0.2, -0.15) is 5.10 Å². The third kappa shape index (κ3) is 8.22. The number of para-hydroxylation sites is 1. The largest absolute Gasteiger partial charge is 0.484 e. The molecule has 0 aliphatic carbocycles.